The maximum absolute atomic E-state index is 13.7. The fraction of sp³-hybridized carbons (Fsp3) is 0.212. The SMILES string of the molecule is CC(C)N1C(=O)N(c2ccccc2)CSC1=NC(C)(C)C.O=C(NC(=O)c1c(F)cccc1F)Nc1cc(C(F)(F)F)cc(C(F)(F)F)c1Cl.O=C(NC(=O)c1c(F)cccc1F)Nc1cc(Cl)c(Oc2ncc(C(F)(F)F)cc2Cl)c(Cl)c1. The number of rotatable bonds is 8. The Bertz CT molecular complexity index is 3440. The van der Waals surface area contributed by atoms with Crippen LogP contribution in [0.15, 0.2) is 108 Å². The standard InChI is InChI=1S/C20H9Cl3F5N3O3.C16H7ClF8N2O2.C16H23N3OS/c21-10-5-9(30-19(33)31-17(32)15-13(24)2-1-3-14(15)25)6-11(22)16(10)34-18-12(23)4-8(7-29-18)20(26,27)28;17-12-7(16(23,24)25)4-6(15(20,21)22)5-10(12)26-14(29)27-13(28)11-8(18)2-1-3-9(11)19;1-12(2)19-14(17-16(3,4)5)21-11-18(15(19)20)13-9-7-6-8-10-13/h1-7H,(H2,30,31,32,33);1-5H,(H2,26,27,28,29);6-10,12H,11H2,1-5H3. The van der Waals surface area contributed by atoms with E-state index in [2.05, 4.69) is 10.3 Å². The second-order valence-electron chi connectivity index (χ2n) is 18.1. The van der Waals surface area contributed by atoms with Gasteiger partial charge in [-0.05, 0) is 101 Å². The van der Waals surface area contributed by atoms with E-state index in [9.17, 15) is 81.0 Å². The Labute approximate surface area is 491 Å². The number of para-hydroxylation sites is 1. The second-order valence-corrected chi connectivity index (χ2v) is 20.6. The minimum absolute atomic E-state index is 0.00190. The van der Waals surface area contributed by atoms with Crippen LogP contribution < -0.4 is 30.9 Å². The lowest BCUT2D eigenvalue weighted by Crippen LogP contribution is -2.53. The predicted octanol–water partition coefficient (Wildman–Crippen LogP) is 16.9. The summed E-state index contributed by atoms with van der Waals surface area (Å²) in [7, 11) is 0. The number of halogens is 17. The van der Waals surface area contributed by atoms with E-state index in [0.29, 0.717) is 30.3 Å². The van der Waals surface area contributed by atoms with Gasteiger partial charge in [-0.15, -0.1) is 0 Å². The molecule has 6 aromatic rings. The molecule has 0 bridgehead atoms. The van der Waals surface area contributed by atoms with Crippen molar-refractivity contribution in [2.45, 2.75) is 64.7 Å². The van der Waals surface area contributed by atoms with Crippen LogP contribution in [0.25, 0.3) is 0 Å². The molecule has 14 nitrogen and oxygen atoms in total. The Balaban J connectivity index is 0.000000237. The van der Waals surface area contributed by atoms with Crippen molar-refractivity contribution in [3.63, 3.8) is 0 Å². The molecule has 7 rings (SSSR count). The number of amides is 8. The lowest BCUT2D eigenvalue weighted by molar-refractivity contribution is -0.143. The molecule has 5 aromatic carbocycles. The van der Waals surface area contributed by atoms with E-state index in [-0.39, 0.29) is 51.2 Å². The third-order valence-electron chi connectivity index (χ3n) is 10.4. The maximum atomic E-state index is 13.7. The van der Waals surface area contributed by atoms with Gasteiger partial charge in [-0.2, -0.15) is 39.5 Å². The van der Waals surface area contributed by atoms with Crippen molar-refractivity contribution in [1.82, 2.24) is 20.5 Å². The minimum atomic E-state index is -5.29. The van der Waals surface area contributed by atoms with Gasteiger partial charge >= 0.3 is 36.6 Å². The van der Waals surface area contributed by atoms with Gasteiger partial charge in [0.1, 0.15) is 39.4 Å². The van der Waals surface area contributed by atoms with Crippen molar-refractivity contribution >= 4 is 110 Å². The van der Waals surface area contributed by atoms with E-state index in [1.165, 1.54) is 10.6 Å². The molecular formula is C52H39Cl4F13N8O6S. The van der Waals surface area contributed by atoms with Gasteiger partial charge in [-0.1, -0.05) is 88.5 Å². The van der Waals surface area contributed by atoms with E-state index >= 15 is 0 Å². The third kappa shape index (κ3) is 18.0. The van der Waals surface area contributed by atoms with Gasteiger partial charge in [-0.3, -0.25) is 35.0 Å². The lowest BCUT2D eigenvalue weighted by Gasteiger charge is -2.38. The quantitative estimate of drug-likeness (QED) is 0.109. The smallest absolute Gasteiger partial charge is 0.417 e. The Morgan fingerprint density at radius 3 is 1.57 bits per heavy atom. The zero-order valence-electron chi connectivity index (χ0n) is 43.2. The highest BCUT2D eigenvalue weighted by molar-refractivity contribution is 8.14. The summed E-state index contributed by atoms with van der Waals surface area (Å²) < 4.78 is 175. The van der Waals surface area contributed by atoms with Gasteiger partial charge in [0.05, 0.1) is 48.9 Å². The number of anilines is 3. The summed E-state index contributed by atoms with van der Waals surface area (Å²) >= 11 is 25.0. The molecule has 1 aliphatic heterocycles. The van der Waals surface area contributed by atoms with E-state index in [4.69, 9.17) is 56.1 Å². The fourth-order valence-corrected chi connectivity index (χ4v) is 9.01. The highest BCUT2D eigenvalue weighted by Gasteiger charge is 2.40. The molecule has 0 atom stereocenters. The molecule has 1 aromatic heterocycles. The number of amidine groups is 1. The lowest BCUT2D eigenvalue weighted by atomic mass is 10.1. The number of aliphatic imine (C=N–C) groups is 1. The summed E-state index contributed by atoms with van der Waals surface area (Å²) in [4.78, 5) is 72.2. The summed E-state index contributed by atoms with van der Waals surface area (Å²) in [6.07, 6.45) is -14.7. The summed E-state index contributed by atoms with van der Waals surface area (Å²) in [5.41, 5.74) is -7.38. The van der Waals surface area contributed by atoms with Crippen molar-refractivity contribution in [2.24, 2.45) is 4.99 Å². The number of hydrogen-bond acceptors (Lipinski definition) is 9. The Morgan fingerprint density at radius 2 is 1.13 bits per heavy atom. The van der Waals surface area contributed by atoms with Crippen LogP contribution in [0.5, 0.6) is 11.6 Å². The zero-order valence-corrected chi connectivity index (χ0v) is 47.0. The first-order valence-electron chi connectivity index (χ1n) is 23.3. The van der Waals surface area contributed by atoms with Gasteiger partial charge in [0.15, 0.2) is 10.9 Å². The third-order valence-corrected chi connectivity index (χ3v) is 12.5. The van der Waals surface area contributed by atoms with E-state index in [1.54, 1.807) is 26.9 Å². The van der Waals surface area contributed by atoms with Crippen LogP contribution >= 0.6 is 58.2 Å². The van der Waals surface area contributed by atoms with E-state index in [0.717, 1.165) is 47.3 Å². The molecule has 2 heterocycles. The molecule has 1 saturated heterocycles. The molecule has 32 heteroatoms. The number of benzene rings is 5. The van der Waals surface area contributed by atoms with Crippen molar-refractivity contribution in [2.75, 3.05) is 21.4 Å². The monoisotopic (exact) mass is 1290 g/mol. The zero-order chi connectivity index (χ0) is 63.0. The second kappa shape index (κ2) is 27.5. The van der Waals surface area contributed by atoms with E-state index < -0.39 is 115 Å². The number of ether oxygens (including phenoxy) is 1. The summed E-state index contributed by atoms with van der Waals surface area (Å²) in [6, 6.07) is 14.7. The molecule has 0 spiro atoms. The topological polar surface area (TPSA) is 174 Å². The number of nitrogens with one attached hydrogen (secondary N) is 4. The van der Waals surface area contributed by atoms with Gasteiger partial charge in [0, 0.05) is 23.6 Å². The summed E-state index contributed by atoms with van der Waals surface area (Å²) in [5, 5.41) is 5.45. The first-order valence-corrected chi connectivity index (χ1v) is 25.8. The molecule has 0 aliphatic carbocycles. The molecule has 1 aliphatic rings. The summed E-state index contributed by atoms with van der Waals surface area (Å²) in [6.45, 7) is 10.2. The van der Waals surface area contributed by atoms with Gasteiger partial charge in [0.25, 0.3) is 11.8 Å². The van der Waals surface area contributed by atoms with Gasteiger partial charge in [0.2, 0.25) is 5.88 Å². The molecule has 448 valence electrons. The van der Waals surface area contributed by atoms with Crippen LogP contribution in [0.1, 0.15) is 72.0 Å². The van der Waals surface area contributed by atoms with E-state index in [1.807, 2.05) is 65.0 Å². The Kier molecular flexibility index (Phi) is 22.0. The number of hydrogen-bond donors (Lipinski definition) is 4. The van der Waals surface area contributed by atoms with Crippen LogP contribution in [0.2, 0.25) is 20.1 Å². The first kappa shape index (κ1) is 67.3. The highest BCUT2D eigenvalue weighted by atomic mass is 35.5. The van der Waals surface area contributed by atoms with Crippen LogP contribution in [0, 0.1) is 23.3 Å². The average molecular weight is 1290 g/mol. The maximum Gasteiger partial charge on any atom is 0.417 e. The van der Waals surface area contributed by atoms with Crippen molar-refractivity contribution < 1.29 is 85.8 Å². The Morgan fingerprint density at radius 1 is 0.643 bits per heavy atom. The van der Waals surface area contributed by atoms with Crippen molar-refractivity contribution in [3.05, 3.63) is 174 Å². The normalized spacial score (nSPS) is 13.3. The van der Waals surface area contributed by atoms with Crippen LogP contribution in [0.4, 0.5) is 88.5 Å². The van der Waals surface area contributed by atoms with Crippen molar-refractivity contribution in [1.29, 1.82) is 0 Å². The van der Waals surface area contributed by atoms with Crippen LogP contribution in [0.3, 0.4) is 0 Å². The Hall–Kier alpha value is -7.53. The molecule has 84 heavy (non-hydrogen) atoms. The van der Waals surface area contributed by atoms with Crippen molar-refractivity contribution in [3.8, 4) is 11.6 Å². The number of imide groups is 2. The van der Waals surface area contributed by atoms with Crippen LogP contribution in [-0.4, -0.2) is 62.4 Å². The molecule has 1 fully saturated rings. The molecule has 0 unspecified atom stereocenters. The molecule has 0 radical (unpaired) electrons. The minimum Gasteiger partial charge on any atom is -0.434 e. The predicted molar refractivity (Wildman–Crippen MR) is 289 cm³/mol. The number of carbonyl (C=O) groups is 5. The number of pyridine rings is 1. The first-order chi connectivity index (χ1) is 38.9. The number of alkyl halides is 9. The number of aromatic nitrogens is 1. The highest BCUT2D eigenvalue weighted by Crippen LogP contribution is 2.44. The average Bonchev–Trinajstić information content (AvgIpc) is 1.88. The molecular weight excluding hydrogens is 1250 g/mol. The largest absolute Gasteiger partial charge is 0.434 e. The van der Waals surface area contributed by atoms with Crippen LogP contribution in [-0.2, 0) is 18.5 Å². The van der Waals surface area contributed by atoms with Gasteiger partial charge < -0.3 is 15.4 Å². The molecule has 0 saturated carbocycles. The molecule has 8 amide bonds. The molecule has 4 N–H and O–H groups in total. The fourth-order valence-electron chi connectivity index (χ4n) is 6.71. The number of thioether (sulfide) groups is 1. The number of urea groups is 3. The number of carbonyl (C=O) groups excluding carboxylic acids is 5. The summed E-state index contributed by atoms with van der Waals surface area (Å²) in [5.74, 6) is -8.09. The number of nitrogens with zero attached hydrogens (tertiary/aromatic N) is 4. The van der Waals surface area contributed by atoms with Gasteiger partial charge in [-0.25, -0.2) is 36.9 Å².